The molecule has 2 aromatic rings. The van der Waals surface area contributed by atoms with E-state index in [-0.39, 0.29) is 17.9 Å². The number of hydrogen-bond acceptors (Lipinski definition) is 4. The number of aliphatic hydroxyl groups is 1. The topological polar surface area (TPSA) is 49.2 Å². The summed E-state index contributed by atoms with van der Waals surface area (Å²) >= 11 is 6.03. The predicted molar refractivity (Wildman–Crippen MR) is 76.7 cm³/mol. The molecule has 3 rings (SSSR count). The molecule has 100 valence electrons. The Kier molecular flexibility index (Phi) is 3.29. The first-order valence-corrected chi connectivity index (χ1v) is 6.88. The van der Waals surface area contributed by atoms with E-state index in [1.807, 2.05) is 25.1 Å². The summed E-state index contributed by atoms with van der Waals surface area (Å²) in [6, 6.07) is 6.22. The van der Waals surface area contributed by atoms with Crippen LogP contribution in [0.5, 0.6) is 0 Å². The van der Waals surface area contributed by atoms with Crippen LogP contribution >= 0.6 is 11.6 Å². The average molecular weight is 278 g/mol. The average Bonchev–Trinajstić information content (AvgIpc) is 2.85. The van der Waals surface area contributed by atoms with E-state index in [1.165, 1.54) is 0 Å². The second kappa shape index (κ2) is 4.94. The van der Waals surface area contributed by atoms with Crippen LogP contribution in [0.25, 0.3) is 10.9 Å². The number of anilines is 1. The van der Waals surface area contributed by atoms with Gasteiger partial charge in [0.1, 0.15) is 5.82 Å². The zero-order chi connectivity index (χ0) is 13.4. The summed E-state index contributed by atoms with van der Waals surface area (Å²) < 4.78 is 0. The largest absolute Gasteiger partial charge is 0.394 e. The minimum Gasteiger partial charge on any atom is -0.394 e. The van der Waals surface area contributed by atoms with Crippen LogP contribution in [0.1, 0.15) is 18.4 Å². The molecule has 1 aliphatic heterocycles. The molecule has 0 radical (unpaired) electrons. The molecule has 5 heteroatoms. The second-order valence-electron chi connectivity index (χ2n) is 5.01. The van der Waals surface area contributed by atoms with Crippen LogP contribution in [0.2, 0.25) is 5.28 Å². The third kappa shape index (κ3) is 2.26. The van der Waals surface area contributed by atoms with Crippen LogP contribution in [0.4, 0.5) is 5.82 Å². The lowest BCUT2D eigenvalue weighted by Crippen LogP contribution is -2.33. The smallest absolute Gasteiger partial charge is 0.224 e. The summed E-state index contributed by atoms with van der Waals surface area (Å²) in [6.45, 7) is 3.08. The quantitative estimate of drug-likeness (QED) is 0.857. The third-order valence-electron chi connectivity index (χ3n) is 3.66. The van der Waals surface area contributed by atoms with Gasteiger partial charge in [-0.15, -0.1) is 0 Å². The standard InChI is InChI=1S/C14H16ClN3O/c1-9-4-5-11-12(7-9)16-14(15)17-13(11)18-6-2-3-10(18)8-19/h4-5,7,10,19H,2-3,6,8H2,1H3/t10-/m0/s1. The number of fused-ring (bicyclic) bond motifs is 1. The first kappa shape index (κ1) is 12.6. The molecular weight excluding hydrogens is 262 g/mol. The summed E-state index contributed by atoms with van der Waals surface area (Å²) in [5, 5.41) is 10.7. The van der Waals surface area contributed by atoms with E-state index < -0.39 is 0 Å². The van der Waals surface area contributed by atoms with Crippen molar-refractivity contribution in [2.24, 2.45) is 0 Å². The molecule has 0 bridgehead atoms. The van der Waals surface area contributed by atoms with Gasteiger partial charge >= 0.3 is 0 Å². The van der Waals surface area contributed by atoms with Gasteiger partial charge in [0.25, 0.3) is 0 Å². The Morgan fingerprint density at radius 2 is 2.26 bits per heavy atom. The Labute approximate surface area is 117 Å². The number of aliphatic hydroxyl groups excluding tert-OH is 1. The Bertz CT molecular complexity index is 612. The van der Waals surface area contributed by atoms with Crippen molar-refractivity contribution >= 4 is 28.3 Å². The Morgan fingerprint density at radius 3 is 3.05 bits per heavy atom. The summed E-state index contributed by atoms with van der Waals surface area (Å²) in [5.74, 6) is 0.839. The van der Waals surface area contributed by atoms with Crippen molar-refractivity contribution in [3.8, 4) is 0 Å². The highest BCUT2D eigenvalue weighted by molar-refractivity contribution is 6.28. The first-order chi connectivity index (χ1) is 9.19. The molecule has 19 heavy (non-hydrogen) atoms. The number of halogens is 1. The highest BCUT2D eigenvalue weighted by Crippen LogP contribution is 2.31. The van der Waals surface area contributed by atoms with E-state index in [0.717, 1.165) is 41.7 Å². The SMILES string of the molecule is Cc1ccc2c(N3CCC[C@H]3CO)nc(Cl)nc2c1. The van der Waals surface area contributed by atoms with Gasteiger partial charge in [-0.1, -0.05) is 6.07 Å². The van der Waals surface area contributed by atoms with Crippen molar-refractivity contribution in [3.63, 3.8) is 0 Å². The normalized spacial score (nSPS) is 19.3. The Morgan fingerprint density at radius 1 is 1.42 bits per heavy atom. The highest BCUT2D eigenvalue weighted by Gasteiger charge is 2.26. The highest BCUT2D eigenvalue weighted by atomic mass is 35.5. The van der Waals surface area contributed by atoms with E-state index >= 15 is 0 Å². The fourth-order valence-electron chi connectivity index (χ4n) is 2.72. The monoisotopic (exact) mass is 277 g/mol. The number of nitrogens with zero attached hydrogens (tertiary/aromatic N) is 3. The van der Waals surface area contributed by atoms with Gasteiger partial charge < -0.3 is 10.0 Å². The maximum Gasteiger partial charge on any atom is 0.224 e. The molecular formula is C14H16ClN3O. The molecule has 0 spiro atoms. The fourth-order valence-corrected chi connectivity index (χ4v) is 2.89. The van der Waals surface area contributed by atoms with Gasteiger partial charge in [0.05, 0.1) is 18.2 Å². The maximum atomic E-state index is 9.47. The molecule has 4 nitrogen and oxygen atoms in total. The van der Waals surface area contributed by atoms with Crippen molar-refractivity contribution in [1.82, 2.24) is 9.97 Å². The summed E-state index contributed by atoms with van der Waals surface area (Å²) in [7, 11) is 0. The Hall–Kier alpha value is -1.39. The van der Waals surface area contributed by atoms with E-state index in [0.29, 0.717) is 0 Å². The molecule has 0 saturated carbocycles. The van der Waals surface area contributed by atoms with Crippen LogP contribution in [0.3, 0.4) is 0 Å². The van der Waals surface area contributed by atoms with Crippen molar-refractivity contribution < 1.29 is 5.11 Å². The van der Waals surface area contributed by atoms with Gasteiger partial charge in [-0.2, -0.15) is 4.98 Å². The molecule has 2 heterocycles. The van der Waals surface area contributed by atoms with E-state index in [1.54, 1.807) is 0 Å². The van der Waals surface area contributed by atoms with Crippen molar-refractivity contribution in [2.75, 3.05) is 18.1 Å². The van der Waals surface area contributed by atoms with E-state index in [9.17, 15) is 5.11 Å². The second-order valence-corrected chi connectivity index (χ2v) is 5.35. The van der Waals surface area contributed by atoms with E-state index in [4.69, 9.17) is 11.6 Å². The van der Waals surface area contributed by atoms with Crippen LogP contribution in [0, 0.1) is 6.92 Å². The molecule has 1 atom stereocenters. The van der Waals surface area contributed by atoms with Crippen LogP contribution in [-0.2, 0) is 0 Å². The van der Waals surface area contributed by atoms with Gasteiger partial charge in [0.2, 0.25) is 5.28 Å². The Balaban J connectivity index is 2.17. The molecule has 0 aliphatic carbocycles. The summed E-state index contributed by atoms with van der Waals surface area (Å²) in [6.07, 6.45) is 2.06. The van der Waals surface area contributed by atoms with E-state index in [2.05, 4.69) is 14.9 Å². The zero-order valence-electron chi connectivity index (χ0n) is 10.8. The lowest BCUT2D eigenvalue weighted by Gasteiger charge is -2.25. The van der Waals surface area contributed by atoms with Crippen molar-refractivity contribution in [2.45, 2.75) is 25.8 Å². The number of rotatable bonds is 2. The predicted octanol–water partition coefficient (Wildman–Crippen LogP) is 2.55. The molecule has 1 aliphatic rings. The van der Waals surface area contributed by atoms with Crippen molar-refractivity contribution in [3.05, 3.63) is 29.0 Å². The number of hydrogen-bond donors (Lipinski definition) is 1. The van der Waals surface area contributed by atoms with Gasteiger partial charge in [0, 0.05) is 11.9 Å². The minimum absolute atomic E-state index is 0.135. The molecule has 1 saturated heterocycles. The number of aryl methyl sites for hydroxylation is 1. The van der Waals surface area contributed by atoms with Crippen LogP contribution in [-0.4, -0.2) is 34.3 Å². The third-order valence-corrected chi connectivity index (χ3v) is 3.83. The first-order valence-electron chi connectivity index (χ1n) is 6.50. The zero-order valence-corrected chi connectivity index (χ0v) is 11.6. The molecule has 1 aromatic heterocycles. The van der Waals surface area contributed by atoms with Crippen LogP contribution < -0.4 is 4.90 Å². The number of aromatic nitrogens is 2. The molecule has 1 aromatic carbocycles. The lowest BCUT2D eigenvalue weighted by molar-refractivity contribution is 0.266. The van der Waals surface area contributed by atoms with Crippen LogP contribution in [0.15, 0.2) is 18.2 Å². The molecule has 1 fully saturated rings. The van der Waals surface area contributed by atoms with Gasteiger partial charge in [-0.25, -0.2) is 4.98 Å². The van der Waals surface area contributed by atoms with Gasteiger partial charge in [0.15, 0.2) is 0 Å². The van der Waals surface area contributed by atoms with Gasteiger partial charge in [-0.3, -0.25) is 0 Å². The maximum absolute atomic E-state index is 9.47. The molecule has 0 amide bonds. The number of benzene rings is 1. The fraction of sp³-hybridized carbons (Fsp3) is 0.429. The molecule has 1 N–H and O–H groups in total. The lowest BCUT2D eigenvalue weighted by atomic mass is 10.1. The molecule has 0 unspecified atom stereocenters. The summed E-state index contributed by atoms with van der Waals surface area (Å²) in [4.78, 5) is 10.8. The minimum atomic E-state index is 0.135. The van der Waals surface area contributed by atoms with Gasteiger partial charge in [-0.05, 0) is 49.1 Å². The van der Waals surface area contributed by atoms with Crippen molar-refractivity contribution in [1.29, 1.82) is 0 Å². The summed E-state index contributed by atoms with van der Waals surface area (Å²) in [5.41, 5.74) is 2.01.